The zero-order chi connectivity index (χ0) is 21.2. The average Bonchev–Trinajstić information content (AvgIpc) is 3.45. The van der Waals surface area contributed by atoms with E-state index < -0.39 is 0 Å². The Balaban J connectivity index is 1.29. The van der Waals surface area contributed by atoms with Gasteiger partial charge in [0, 0.05) is 15.8 Å². The van der Waals surface area contributed by atoms with Crippen molar-refractivity contribution < 1.29 is 9.64 Å². The molecule has 0 spiro atoms. The molecule has 2 N–H and O–H groups in total. The predicted molar refractivity (Wildman–Crippen MR) is 128 cm³/mol. The highest BCUT2D eigenvalue weighted by molar-refractivity contribution is 7.18. The fourth-order valence-corrected chi connectivity index (χ4v) is 5.94. The minimum Gasteiger partial charge on any atom is -0.492 e. The van der Waals surface area contributed by atoms with Gasteiger partial charge in [-0.3, -0.25) is 4.79 Å². The number of anilines is 1. The normalized spacial score (nSPS) is 14.9. The van der Waals surface area contributed by atoms with Crippen LogP contribution in [-0.2, 0) is 6.54 Å². The van der Waals surface area contributed by atoms with Crippen LogP contribution in [0.1, 0.15) is 12.7 Å². The van der Waals surface area contributed by atoms with E-state index in [-0.39, 0.29) is 5.56 Å². The van der Waals surface area contributed by atoms with Gasteiger partial charge in [0.05, 0.1) is 43.9 Å². The number of H-pyrrole nitrogens is 1. The summed E-state index contributed by atoms with van der Waals surface area (Å²) >= 11 is 3.20. The van der Waals surface area contributed by atoms with Gasteiger partial charge < -0.3 is 19.5 Å². The number of fused-ring (bicyclic) bond motifs is 1. The summed E-state index contributed by atoms with van der Waals surface area (Å²) in [5.74, 6) is 1.72. The molecule has 1 fully saturated rings. The zero-order valence-electron chi connectivity index (χ0n) is 17.4. The van der Waals surface area contributed by atoms with Crippen LogP contribution in [0.15, 0.2) is 52.0 Å². The first kappa shape index (κ1) is 20.2. The summed E-state index contributed by atoms with van der Waals surface area (Å²) < 4.78 is 5.80. The van der Waals surface area contributed by atoms with Gasteiger partial charge in [-0.25, -0.2) is 4.98 Å². The van der Waals surface area contributed by atoms with Crippen molar-refractivity contribution in [3.8, 4) is 16.2 Å². The molecule has 6 nitrogen and oxygen atoms in total. The number of ether oxygens (including phenoxy) is 1. The summed E-state index contributed by atoms with van der Waals surface area (Å²) in [7, 11) is 0. The Kier molecular flexibility index (Phi) is 5.76. The summed E-state index contributed by atoms with van der Waals surface area (Å²) in [6.45, 7) is 7.31. The molecule has 0 amide bonds. The number of para-hydroxylation sites is 2. The summed E-state index contributed by atoms with van der Waals surface area (Å²) in [6.07, 6.45) is 0. The smallest absolute Gasteiger partial charge is 0.260 e. The van der Waals surface area contributed by atoms with Gasteiger partial charge in [0.2, 0.25) is 0 Å². The van der Waals surface area contributed by atoms with Crippen molar-refractivity contribution in [3.05, 3.63) is 63.3 Å². The zero-order valence-corrected chi connectivity index (χ0v) is 19.0. The molecule has 8 heteroatoms. The Morgan fingerprint density at radius 1 is 1.16 bits per heavy atom. The van der Waals surface area contributed by atoms with E-state index in [9.17, 15) is 4.79 Å². The third-order valence-corrected chi connectivity index (χ3v) is 7.45. The predicted octanol–water partition coefficient (Wildman–Crippen LogP) is 3.02. The molecule has 0 bridgehead atoms. The van der Waals surface area contributed by atoms with E-state index in [0.29, 0.717) is 12.0 Å². The Hall–Kier alpha value is -2.68. The van der Waals surface area contributed by atoms with Crippen LogP contribution in [0.25, 0.3) is 20.7 Å². The fraction of sp³-hybridized carbons (Fsp3) is 0.304. The number of nitrogens with one attached hydrogen (secondary N) is 2. The first-order valence-electron chi connectivity index (χ1n) is 10.6. The molecule has 1 aromatic carbocycles. The highest BCUT2D eigenvalue weighted by atomic mass is 32.1. The number of aromatic amines is 1. The van der Waals surface area contributed by atoms with Gasteiger partial charge in [-0.15, -0.1) is 22.7 Å². The number of benzene rings is 1. The molecule has 1 saturated heterocycles. The van der Waals surface area contributed by atoms with Gasteiger partial charge >= 0.3 is 0 Å². The Bertz CT molecular complexity index is 1220. The number of aromatic nitrogens is 2. The van der Waals surface area contributed by atoms with Crippen molar-refractivity contribution in [2.24, 2.45) is 0 Å². The van der Waals surface area contributed by atoms with Crippen LogP contribution in [-0.4, -0.2) is 42.8 Å². The Morgan fingerprint density at radius 3 is 2.77 bits per heavy atom. The number of hydrogen-bond acceptors (Lipinski definition) is 6. The summed E-state index contributed by atoms with van der Waals surface area (Å²) in [5.41, 5.74) is 2.12. The second-order valence-corrected chi connectivity index (χ2v) is 9.44. The average molecular weight is 454 g/mol. The van der Waals surface area contributed by atoms with Crippen LogP contribution in [0.4, 0.5) is 5.69 Å². The van der Waals surface area contributed by atoms with E-state index in [2.05, 4.69) is 22.0 Å². The molecule has 1 aliphatic heterocycles. The van der Waals surface area contributed by atoms with Crippen molar-refractivity contribution >= 4 is 38.6 Å². The molecule has 160 valence electrons. The first-order valence-corrected chi connectivity index (χ1v) is 12.3. The van der Waals surface area contributed by atoms with E-state index in [1.807, 2.05) is 41.9 Å². The van der Waals surface area contributed by atoms with Gasteiger partial charge in [0.25, 0.3) is 5.56 Å². The lowest BCUT2D eigenvalue weighted by atomic mass is 10.2. The SMILES string of the molecule is CCOc1ccccc1N1CC[NH+](Cc2nc3scc(-c4cccs4)c3c(=O)[nH]2)CC1. The van der Waals surface area contributed by atoms with Crippen LogP contribution < -0.4 is 20.1 Å². The van der Waals surface area contributed by atoms with E-state index >= 15 is 0 Å². The van der Waals surface area contributed by atoms with E-state index in [0.717, 1.165) is 65.3 Å². The molecule has 0 radical (unpaired) electrons. The largest absolute Gasteiger partial charge is 0.492 e. The summed E-state index contributed by atoms with van der Waals surface area (Å²) in [4.78, 5) is 26.4. The molecule has 3 aromatic heterocycles. The first-order chi connectivity index (χ1) is 15.2. The van der Waals surface area contributed by atoms with E-state index in [1.165, 1.54) is 4.90 Å². The van der Waals surface area contributed by atoms with Crippen LogP contribution in [0.2, 0.25) is 0 Å². The van der Waals surface area contributed by atoms with Crippen molar-refractivity contribution in [2.75, 3.05) is 37.7 Å². The molecule has 0 atom stereocenters. The number of thiophene rings is 2. The maximum Gasteiger partial charge on any atom is 0.260 e. The lowest BCUT2D eigenvalue weighted by molar-refractivity contribution is -0.915. The second-order valence-electron chi connectivity index (χ2n) is 7.63. The second kappa shape index (κ2) is 8.82. The topological polar surface area (TPSA) is 62.7 Å². The van der Waals surface area contributed by atoms with E-state index in [1.54, 1.807) is 22.7 Å². The molecule has 1 aliphatic rings. The molecule has 5 rings (SSSR count). The fourth-order valence-electron chi connectivity index (χ4n) is 4.16. The Morgan fingerprint density at radius 2 is 2.00 bits per heavy atom. The third-order valence-electron chi connectivity index (χ3n) is 5.67. The molecule has 0 aliphatic carbocycles. The molecule has 4 aromatic rings. The number of hydrogen-bond donors (Lipinski definition) is 2. The van der Waals surface area contributed by atoms with Crippen LogP contribution >= 0.6 is 22.7 Å². The summed E-state index contributed by atoms with van der Waals surface area (Å²) in [6, 6.07) is 12.3. The van der Waals surface area contributed by atoms with Gasteiger partial charge in [0.15, 0.2) is 5.82 Å². The highest BCUT2D eigenvalue weighted by Crippen LogP contribution is 2.33. The molecule has 0 saturated carbocycles. The van der Waals surface area contributed by atoms with Crippen LogP contribution in [0.5, 0.6) is 5.75 Å². The number of rotatable bonds is 6. The lowest BCUT2D eigenvalue weighted by Crippen LogP contribution is -3.13. The monoisotopic (exact) mass is 453 g/mol. The number of piperazine rings is 1. The van der Waals surface area contributed by atoms with Crippen LogP contribution in [0, 0.1) is 0 Å². The van der Waals surface area contributed by atoms with Gasteiger partial charge in [0.1, 0.15) is 17.1 Å². The quantitative estimate of drug-likeness (QED) is 0.471. The van der Waals surface area contributed by atoms with Crippen molar-refractivity contribution in [2.45, 2.75) is 13.5 Å². The number of quaternary nitrogens is 1. The molecular formula is C23H25N4O2S2+. The highest BCUT2D eigenvalue weighted by Gasteiger charge is 2.23. The maximum atomic E-state index is 12.8. The number of nitrogens with zero attached hydrogens (tertiary/aromatic N) is 2. The maximum absolute atomic E-state index is 12.8. The Labute approximate surface area is 188 Å². The molecule has 4 heterocycles. The van der Waals surface area contributed by atoms with E-state index in [4.69, 9.17) is 9.72 Å². The third kappa shape index (κ3) is 4.11. The van der Waals surface area contributed by atoms with Gasteiger partial charge in [-0.2, -0.15) is 0 Å². The lowest BCUT2D eigenvalue weighted by Gasteiger charge is -2.34. The van der Waals surface area contributed by atoms with Gasteiger partial charge in [-0.1, -0.05) is 18.2 Å². The van der Waals surface area contributed by atoms with Gasteiger partial charge in [-0.05, 0) is 30.5 Å². The molecule has 31 heavy (non-hydrogen) atoms. The van der Waals surface area contributed by atoms with Crippen LogP contribution in [0.3, 0.4) is 0 Å². The van der Waals surface area contributed by atoms with Crippen molar-refractivity contribution in [3.63, 3.8) is 0 Å². The standard InChI is InChI=1S/C23H24N4O2S2/c1-2-29-18-7-4-3-6-17(18)27-11-9-26(10-12-27)14-20-24-22(28)21-16(15-31-23(21)25-20)19-8-5-13-30-19/h3-8,13,15H,2,9-12,14H2,1H3,(H,24,25,28)/p+1. The minimum atomic E-state index is -0.0340. The summed E-state index contributed by atoms with van der Waals surface area (Å²) in [5, 5.41) is 4.79. The van der Waals surface area contributed by atoms with Crippen molar-refractivity contribution in [1.29, 1.82) is 0 Å². The molecule has 0 unspecified atom stereocenters. The minimum absolute atomic E-state index is 0.0340. The van der Waals surface area contributed by atoms with Crippen molar-refractivity contribution in [1.82, 2.24) is 9.97 Å². The molecular weight excluding hydrogens is 428 g/mol.